The first-order valence-corrected chi connectivity index (χ1v) is 10.2. The van der Waals surface area contributed by atoms with Crippen molar-refractivity contribution in [3.8, 4) is 0 Å². The van der Waals surface area contributed by atoms with Gasteiger partial charge in [-0.2, -0.15) is 0 Å². The van der Waals surface area contributed by atoms with Crippen LogP contribution < -0.4 is 11.2 Å². The molecule has 0 aliphatic heterocycles. The zero-order chi connectivity index (χ0) is 22.0. The first-order valence-electron chi connectivity index (χ1n) is 10.2. The number of aromatic nitrogens is 4. The number of fused-ring (bicyclic) bond motifs is 1. The van der Waals surface area contributed by atoms with E-state index in [0.29, 0.717) is 18.7 Å². The van der Waals surface area contributed by atoms with Gasteiger partial charge >= 0.3 is 5.69 Å². The summed E-state index contributed by atoms with van der Waals surface area (Å²) in [7, 11) is 0. The van der Waals surface area contributed by atoms with Gasteiger partial charge in [0.05, 0.1) is 0 Å². The van der Waals surface area contributed by atoms with Crippen LogP contribution in [0.1, 0.15) is 30.3 Å². The first-order chi connectivity index (χ1) is 15.0. The van der Waals surface area contributed by atoms with E-state index in [-0.39, 0.29) is 36.2 Å². The minimum Gasteiger partial charge on any atom is -0.336 e. The molecule has 0 saturated heterocycles. The van der Waals surface area contributed by atoms with Crippen LogP contribution >= 0.6 is 0 Å². The number of hydrogen-bond acceptors (Lipinski definition) is 3. The van der Waals surface area contributed by atoms with E-state index >= 15 is 0 Å². The molecule has 2 aromatic carbocycles. The van der Waals surface area contributed by atoms with Crippen LogP contribution in [0.4, 0.5) is 8.78 Å². The van der Waals surface area contributed by atoms with Crippen molar-refractivity contribution in [2.24, 2.45) is 0 Å². The van der Waals surface area contributed by atoms with Crippen molar-refractivity contribution in [2.45, 2.75) is 39.3 Å². The molecule has 0 radical (unpaired) electrons. The molecule has 0 amide bonds. The molecule has 160 valence electrons. The summed E-state index contributed by atoms with van der Waals surface area (Å²) < 4.78 is 29.8. The highest BCUT2D eigenvalue weighted by molar-refractivity contribution is 5.70. The second-order valence-electron chi connectivity index (χ2n) is 7.42. The molecule has 4 aromatic rings. The number of benzene rings is 2. The predicted octanol–water partition coefficient (Wildman–Crippen LogP) is 3.41. The van der Waals surface area contributed by atoms with Crippen molar-refractivity contribution in [2.75, 3.05) is 0 Å². The second-order valence-corrected chi connectivity index (χ2v) is 7.42. The lowest BCUT2D eigenvalue weighted by Gasteiger charge is -2.11. The van der Waals surface area contributed by atoms with Gasteiger partial charge < -0.3 is 4.98 Å². The Morgan fingerprint density at radius 3 is 2.48 bits per heavy atom. The molecule has 2 heterocycles. The van der Waals surface area contributed by atoms with Crippen molar-refractivity contribution in [3.05, 3.63) is 98.0 Å². The van der Waals surface area contributed by atoms with Gasteiger partial charge in [0.15, 0.2) is 5.65 Å². The van der Waals surface area contributed by atoms with Gasteiger partial charge in [-0.15, -0.1) is 0 Å². The molecule has 8 heteroatoms. The molecular weight excluding hydrogens is 402 g/mol. The minimum absolute atomic E-state index is 0.109. The van der Waals surface area contributed by atoms with E-state index in [2.05, 4.69) is 9.97 Å². The molecule has 0 bridgehead atoms. The minimum atomic E-state index is -0.669. The fourth-order valence-corrected chi connectivity index (χ4v) is 3.67. The molecule has 1 N–H and O–H groups in total. The highest BCUT2D eigenvalue weighted by Crippen LogP contribution is 2.14. The van der Waals surface area contributed by atoms with Gasteiger partial charge in [0.25, 0.3) is 5.56 Å². The van der Waals surface area contributed by atoms with Crippen LogP contribution in [0, 0.1) is 11.6 Å². The monoisotopic (exact) mass is 424 g/mol. The molecule has 31 heavy (non-hydrogen) atoms. The van der Waals surface area contributed by atoms with E-state index in [4.69, 9.17) is 0 Å². The third-order valence-corrected chi connectivity index (χ3v) is 5.19. The predicted molar refractivity (Wildman–Crippen MR) is 114 cm³/mol. The van der Waals surface area contributed by atoms with Crippen LogP contribution in [0.2, 0.25) is 0 Å². The number of halogens is 2. The van der Waals surface area contributed by atoms with Crippen LogP contribution in [0.5, 0.6) is 0 Å². The van der Waals surface area contributed by atoms with E-state index in [9.17, 15) is 18.4 Å². The largest absolute Gasteiger partial charge is 0.336 e. The van der Waals surface area contributed by atoms with Gasteiger partial charge in [0.1, 0.15) is 23.0 Å². The number of rotatable bonds is 7. The van der Waals surface area contributed by atoms with Crippen LogP contribution in [0.15, 0.2) is 58.1 Å². The lowest BCUT2D eigenvalue weighted by molar-refractivity contribution is 0.542. The summed E-state index contributed by atoms with van der Waals surface area (Å²) in [5.41, 5.74) is 0.888. The maximum atomic E-state index is 14.1. The van der Waals surface area contributed by atoms with Crippen molar-refractivity contribution < 1.29 is 8.78 Å². The lowest BCUT2D eigenvalue weighted by Crippen LogP contribution is -2.40. The highest BCUT2D eigenvalue weighted by atomic mass is 19.1. The molecule has 0 saturated carbocycles. The number of aromatic amines is 1. The third-order valence-electron chi connectivity index (χ3n) is 5.19. The van der Waals surface area contributed by atoms with Gasteiger partial charge in [-0.05, 0) is 30.0 Å². The Morgan fingerprint density at radius 2 is 1.77 bits per heavy atom. The van der Waals surface area contributed by atoms with Gasteiger partial charge in [-0.3, -0.25) is 13.9 Å². The number of nitrogens with zero attached hydrogens (tertiary/aromatic N) is 3. The molecule has 0 unspecified atom stereocenters. The number of aryl methyl sites for hydroxylation is 2. The Balaban J connectivity index is 1.78. The summed E-state index contributed by atoms with van der Waals surface area (Å²) in [6.07, 6.45) is 1.24. The van der Waals surface area contributed by atoms with E-state index in [1.807, 2.05) is 37.3 Å². The number of imidazole rings is 1. The van der Waals surface area contributed by atoms with Gasteiger partial charge in [0, 0.05) is 25.6 Å². The highest BCUT2D eigenvalue weighted by Gasteiger charge is 2.18. The summed E-state index contributed by atoms with van der Waals surface area (Å²) in [6.45, 7) is 2.26. The second kappa shape index (κ2) is 8.67. The molecular formula is C23H22F2N4O2. The Bertz CT molecular complexity index is 1340. The molecule has 0 fully saturated rings. The molecule has 0 aliphatic carbocycles. The van der Waals surface area contributed by atoms with Gasteiger partial charge in [-0.25, -0.2) is 18.6 Å². The summed E-state index contributed by atoms with van der Waals surface area (Å²) in [5.74, 6) is -0.762. The third kappa shape index (κ3) is 4.19. The quantitative estimate of drug-likeness (QED) is 0.494. The average molecular weight is 424 g/mol. The van der Waals surface area contributed by atoms with Crippen LogP contribution in [0.3, 0.4) is 0 Å². The van der Waals surface area contributed by atoms with Crippen molar-refractivity contribution in [1.82, 2.24) is 19.1 Å². The first kappa shape index (κ1) is 20.7. The molecule has 0 atom stereocenters. The van der Waals surface area contributed by atoms with Crippen molar-refractivity contribution in [1.29, 1.82) is 0 Å². The van der Waals surface area contributed by atoms with Gasteiger partial charge in [0.2, 0.25) is 0 Å². The van der Waals surface area contributed by atoms with Crippen LogP contribution in [-0.2, 0) is 25.9 Å². The van der Waals surface area contributed by atoms with Crippen molar-refractivity contribution >= 4 is 11.2 Å². The summed E-state index contributed by atoms with van der Waals surface area (Å²) in [5, 5.41) is 0. The standard InChI is InChI=1S/C23H22F2N4O2/c1-2-11-29-22(30)20-21(27-19(26-20)13-15-6-4-3-5-7-15)28(23(29)31)12-10-16-8-9-17(24)14-18(16)25/h3-9,14H,2,10-13H2,1H3,(H,26,27). The van der Waals surface area contributed by atoms with E-state index in [0.717, 1.165) is 11.6 Å². The molecule has 6 nitrogen and oxygen atoms in total. The molecule has 0 aliphatic rings. The van der Waals surface area contributed by atoms with Crippen LogP contribution in [-0.4, -0.2) is 19.1 Å². The fourth-order valence-electron chi connectivity index (χ4n) is 3.67. The average Bonchev–Trinajstić information content (AvgIpc) is 3.17. The summed E-state index contributed by atoms with van der Waals surface area (Å²) in [6, 6.07) is 13.0. The SMILES string of the molecule is CCCn1c(=O)c2[nH]c(Cc3ccccc3)nc2n(CCc2ccc(F)cc2F)c1=O. The lowest BCUT2D eigenvalue weighted by atomic mass is 10.1. The summed E-state index contributed by atoms with van der Waals surface area (Å²) in [4.78, 5) is 33.5. The molecule has 0 spiro atoms. The maximum Gasteiger partial charge on any atom is 0.332 e. The van der Waals surface area contributed by atoms with Crippen LogP contribution in [0.25, 0.3) is 11.2 Å². The molecule has 2 aromatic heterocycles. The fraction of sp³-hybridized carbons (Fsp3) is 0.261. The van der Waals surface area contributed by atoms with E-state index in [1.165, 1.54) is 21.3 Å². The summed E-state index contributed by atoms with van der Waals surface area (Å²) >= 11 is 0. The van der Waals surface area contributed by atoms with Gasteiger partial charge in [-0.1, -0.05) is 43.3 Å². The topological polar surface area (TPSA) is 72.7 Å². The van der Waals surface area contributed by atoms with Crippen molar-refractivity contribution in [3.63, 3.8) is 0 Å². The Morgan fingerprint density at radius 1 is 1.00 bits per heavy atom. The maximum absolute atomic E-state index is 14.1. The number of H-pyrrole nitrogens is 1. The van der Waals surface area contributed by atoms with E-state index in [1.54, 1.807) is 0 Å². The Kier molecular flexibility index (Phi) is 5.79. The smallest absolute Gasteiger partial charge is 0.332 e. The Labute approximate surface area is 176 Å². The van der Waals surface area contributed by atoms with E-state index < -0.39 is 22.9 Å². The number of nitrogens with one attached hydrogen (secondary N) is 1. The zero-order valence-electron chi connectivity index (χ0n) is 17.1. The molecule has 4 rings (SSSR count). The zero-order valence-corrected chi connectivity index (χ0v) is 17.1. The number of hydrogen-bond donors (Lipinski definition) is 1. The Hall–Kier alpha value is -3.55. The normalized spacial score (nSPS) is 11.3.